The van der Waals surface area contributed by atoms with Crippen LogP contribution in [0.4, 0.5) is 10.1 Å². The molecular weight excluding hydrogens is 494 g/mol. The summed E-state index contributed by atoms with van der Waals surface area (Å²) in [5.74, 6) is 0. The Morgan fingerprint density at radius 1 is 1.40 bits per heavy atom. The number of aromatic nitrogens is 2. The average Bonchev–Trinajstić information content (AvgIpc) is 3.15. The van der Waals surface area contributed by atoms with E-state index in [1.54, 1.807) is 34.9 Å². The molecule has 0 bridgehead atoms. The molecule has 0 saturated heterocycles. The quantitative estimate of drug-likeness (QED) is 0.434. The number of hydrogen-bond donors (Lipinski definition) is 2. The van der Waals surface area contributed by atoms with Crippen LogP contribution in [0.1, 0.15) is 9.88 Å². The summed E-state index contributed by atoms with van der Waals surface area (Å²) in [5, 5.41) is 6.67. The molecule has 3 aromatic rings. The van der Waals surface area contributed by atoms with Gasteiger partial charge in [0.2, 0.25) is 0 Å². The smallest absolute Gasteiger partial charge is 0.131 e. The molecule has 1 atom stereocenters. The maximum absolute atomic E-state index is 12.7. The molecule has 0 aliphatic heterocycles. The lowest BCUT2D eigenvalue weighted by Gasteiger charge is -2.06. The number of nitrogens with zero attached hydrogens (tertiary/aromatic N) is 2. The lowest BCUT2D eigenvalue weighted by atomic mass is 10.2. The molecule has 0 fully saturated rings. The highest BCUT2D eigenvalue weighted by Gasteiger charge is 2.17. The van der Waals surface area contributed by atoms with Crippen LogP contribution in [0, 0.1) is 0 Å². The van der Waals surface area contributed by atoms with Gasteiger partial charge in [-0.2, -0.15) is 0 Å². The van der Waals surface area contributed by atoms with E-state index in [-0.39, 0.29) is 24.8 Å². The van der Waals surface area contributed by atoms with Crippen molar-refractivity contribution in [2.24, 2.45) is 5.73 Å². The molecule has 138 valence electrons. The molecule has 0 amide bonds. The molecule has 3 heterocycles. The topological polar surface area (TPSA) is 63.8 Å². The van der Waals surface area contributed by atoms with Crippen molar-refractivity contribution >= 4 is 90.9 Å². The van der Waals surface area contributed by atoms with Crippen molar-refractivity contribution in [3.63, 3.8) is 0 Å². The predicted octanol–water partition coefficient (Wildman–Crippen LogP) is 5.46. The van der Waals surface area contributed by atoms with Crippen LogP contribution in [0.3, 0.4) is 0 Å². The second kappa shape index (κ2) is 10.2. The van der Waals surface area contributed by atoms with Crippen LogP contribution >= 0.6 is 75.0 Å². The molecule has 3 rings (SSSR count). The van der Waals surface area contributed by atoms with Crippen molar-refractivity contribution in [1.29, 1.82) is 0 Å². The standard InChI is InChI=1S/C14H13BrClFN4S2.2ClH/c15-12-9(3-7(18)5-17)23-14-8(4-10(16)21-13(12)14)20-6-11-19-1-2-22-11;;/h1-2,4,7H,3,5-6,18H2,(H,20,21);2*1H/t7-;;/m1../s1. The largest absolute Gasteiger partial charge is 0.377 e. The average molecular weight is 509 g/mol. The molecule has 0 aromatic carbocycles. The van der Waals surface area contributed by atoms with Gasteiger partial charge in [0.1, 0.15) is 16.8 Å². The van der Waals surface area contributed by atoms with E-state index in [4.69, 9.17) is 17.3 Å². The highest BCUT2D eigenvalue weighted by atomic mass is 79.9. The molecule has 0 aliphatic carbocycles. The van der Waals surface area contributed by atoms with E-state index in [0.717, 1.165) is 30.3 Å². The molecule has 11 heteroatoms. The van der Waals surface area contributed by atoms with Crippen molar-refractivity contribution in [2.75, 3.05) is 12.0 Å². The SMILES string of the molecule is Cl.Cl.N[C@@H](CF)Cc1sc2c(NCc3nccs3)cc(Cl)nc2c1Br. The first kappa shape index (κ1) is 22.8. The fourth-order valence-electron chi connectivity index (χ4n) is 2.12. The van der Waals surface area contributed by atoms with E-state index in [0.29, 0.717) is 18.1 Å². The Hall–Kier alpha value is -0.220. The molecule has 3 aromatic heterocycles. The number of rotatable bonds is 6. The fourth-order valence-corrected chi connectivity index (χ4v) is 4.91. The number of fused-ring (bicyclic) bond motifs is 1. The number of alkyl halides is 1. The first-order valence-corrected chi connectivity index (χ1v) is 9.66. The van der Waals surface area contributed by atoms with Gasteiger partial charge in [0.15, 0.2) is 0 Å². The summed E-state index contributed by atoms with van der Waals surface area (Å²) in [4.78, 5) is 9.60. The van der Waals surface area contributed by atoms with E-state index < -0.39 is 12.7 Å². The van der Waals surface area contributed by atoms with Crippen molar-refractivity contribution in [2.45, 2.75) is 19.0 Å². The van der Waals surface area contributed by atoms with Crippen molar-refractivity contribution in [3.8, 4) is 0 Å². The zero-order valence-corrected chi connectivity index (χ0v) is 18.3. The predicted molar refractivity (Wildman–Crippen MR) is 114 cm³/mol. The molecule has 0 spiro atoms. The van der Waals surface area contributed by atoms with Crippen molar-refractivity contribution < 1.29 is 4.39 Å². The molecule has 0 unspecified atom stereocenters. The Morgan fingerprint density at radius 2 is 2.16 bits per heavy atom. The summed E-state index contributed by atoms with van der Waals surface area (Å²) in [6.45, 7) is 0.0615. The van der Waals surface area contributed by atoms with Gasteiger partial charge in [0.05, 0.1) is 26.9 Å². The van der Waals surface area contributed by atoms with Gasteiger partial charge in [-0.25, -0.2) is 14.4 Å². The number of thiophene rings is 1. The molecule has 25 heavy (non-hydrogen) atoms. The molecule has 0 aliphatic rings. The lowest BCUT2D eigenvalue weighted by Crippen LogP contribution is -2.24. The summed E-state index contributed by atoms with van der Waals surface area (Å²) in [6, 6.07) is 1.28. The number of pyridine rings is 1. The summed E-state index contributed by atoms with van der Waals surface area (Å²) in [7, 11) is 0. The Balaban J connectivity index is 0.00000156. The van der Waals surface area contributed by atoms with E-state index >= 15 is 0 Å². The minimum absolute atomic E-state index is 0. The van der Waals surface area contributed by atoms with Gasteiger partial charge in [-0.3, -0.25) is 0 Å². The van der Waals surface area contributed by atoms with E-state index in [2.05, 4.69) is 31.2 Å². The third kappa shape index (κ3) is 5.38. The number of nitrogens with one attached hydrogen (secondary N) is 1. The lowest BCUT2D eigenvalue weighted by molar-refractivity contribution is 0.428. The summed E-state index contributed by atoms with van der Waals surface area (Å²) in [6.07, 6.45) is 2.23. The van der Waals surface area contributed by atoms with Gasteiger partial charge in [-0.15, -0.1) is 47.5 Å². The second-order valence-electron chi connectivity index (χ2n) is 4.91. The monoisotopic (exact) mass is 506 g/mol. The summed E-state index contributed by atoms with van der Waals surface area (Å²) < 4.78 is 14.5. The van der Waals surface area contributed by atoms with Crippen LogP contribution in [0.25, 0.3) is 10.2 Å². The number of nitrogens with two attached hydrogens (primary N) is 1. The maximum Gasteiger partial charge on any atom is 0.131 e. The maximum atomic E-state index is 12.7. The normalized spacial score (nSPS) is 11.7. The van der Waals surface area contributed by atoms with Crippen LogP contribution < -0.4 is 11.1 Å². The Bertz CT molecular complexity index is 816. The van der Waals surface area contributed by atoms with Crippen LogP contribution in [0.15, 0.2) is 22.1 Å². The van der Waals surface area contributed by atoms with Crippen LogP contribution in [-0.4, -0.2) is 22.7 Å². The zero-order valence-electron chi connectivity index (χ0n) is 12.7. The summed E-state index contributed by atoms with van der Waals surface area (Å²) in [5.41, 5.74) is 7.39. The minimum Gasteiger partial charge on any atom is -0.377 e. The zero-order chi connectivity index (χ0) is 16.4. The van der Waals surface area contributed by atoms with E-state index in [1.807, 2.05) is 5.38 Å². The Kier molecular flexibility index (Phi) is 9.31. The summed E-state index contributed by atoms with van der Waals surface area (Å²) >= 11 is 12.8. The third-order valence-corrected chi connectivity index (χ3v) is 6.50. The molecule has 0 saturated carbocycles. The van der Waals surface area contributed by atoms with Crippen LogP contribution in [0.5, 0.6) is 0 Å². The van der Waals surface area contributed by atoms with E-state index in [1.165, 1.54) is 0 Å². The number of halogens is 5. The third-order valence-electron chi connectivity index (χ3n) is 3.18. The van der Waals surface area contributed by atoms with Crippen molar-refractivity contribution in [1.82, 2.24) is 9.97 Å². The van der Waals surface area contributed by atoms with Crippen molar-refractivity contribution in [3.05, 3.63) is 37.2 Å². The molecule has 4 nitrogen and oxygen atoms in total. The van der Waals surface area contributed by atoms with Gasteiger partial charge < -0.3 is 11.1 Å². The van der Waals surface area contributed by atoms with Crippen LogP contribution in [-0.2, 0) is 13.0 Å². The van der Waals surface area contributed by atoms with Gasteiger partial charge in [0, 0.05) is 35.0 Å². The van der Waals surface area contributed by atoms with Gasteiger partial charge >= 0.3 is 0 Å². The highest BCUT2D eigenvalue weighted by molar-refractivity contribution is 9.10. The first-order chi connectivity index (χ1) is 11.1. The fraction of sp³-hybridized carbons (Fsp3) is 0.286. The van der Waals surface area contributed by atoms with E-state index in [9.17, 15) is 4.39 Å². The molecular formula is C14H15BrCl3FN4S2. The van der Waals surface area contributed by atoms with Gasteiger partial charge in [0.25, 0.3) is 0 Å². The van der Waals surface area contributed by atoms with Gasteiger partial charge in [-0.05, 0) is 15.9 Å². The first-order valence-electron chi connectivity index (χ1n) is 6.79. The van der Waals surface area contributed by atoms with Gasteiger partial charge in [-0.1, -0.05) is 11.6 Å². The molecule has 3 N–H and O–H groups in total. The Morgan fingerprint density at radius 3 is 2.80 bits per heavy atom. The van der Waals surface area contributed by atoms with Crippen LogP contribution in [0.2, 0.25) is 5.15 Å². The molecule has 0 radical (unpaired) electrons. The second-order valence-corrected chi connectivity index (χ2v) is 8.17. The highest BCUT2D eigenvalue weighted by Crippen LogP contribution is 2.40. The number of anilines is 1. The minimum atomic E-state index is -0.552. The number of hydrogen-bond acceptors (Lipinski definition) is 6. The Labute approximate surface area is 178 Å². The number of thiazole rings is 1.